The highest BCUT2D eigenvalue weighted by Crippen LogP contribution is 2.29. The molecule has 5 rings (SSSR count). The second kappa shape index (κ2) is 9.87. The number of nitrogens with one attached hydrogen (secondary N) is 1. The zero-order valence-corrected chi connectivity index (χ0v) is 20.4. The number of halogens is 1. The SMILES string of the molecule is Cc1cc(N2CCC(N3CCCC3)CC2)nc2ccc(NC(=O)COc3cc(Cl)cs3)cc12. The summed E-state index contributed by atoms with van der Waals surface area (Å²) < 4.78 is 5.50. The van der Waals surface area contributed by atoms with Gasteiger partial charge in [0.05, 0.1) is 10.5 Å². The molecule has 2 saturated heterocycles. The molecule has 0 saturated carbocycles. The predicted molar refractivity (Wildman–Crippen MR) is 136 cm³/mol. The normalized spacial score (nSPS) is 17.6. The Morgan fingerprint density at radius 3 is 2.70 bits per heavy atom. The van der Waals surface area contributed by atoms with Crippen molar-refractivity contribution in [3.8, 4) is 5.06 Å². The lowest BCUT2D eigenvalue weighted by molar-refractivity contribution is -0.118. The van der Waals surface area contributed by atoms with Crippen LogP contribution in [0.5, 0.6) is 5.06 Å². The molecule has 2 fully saturated rings. The molecule has 6 nitrogen and oxygen atoms in total. The largest absolute Gasteiger partial charge is 0.474 e. The molecule has 4 heterocycles. The third kappa shape index (κ3) is 5.26. The molecule has 0 atom stereocenters. The van der Waals surface area contributed by atoms with Crippen molar-refractivity contribution < 1.29 is 9.53 Å². The highest BCUT2D eigenvalue weighted by atomic mass is 35.5. The first kappa shape index (κ1) is 22.4. The Labute approximate surface area is 203 Å². The number of carbonyl (C=O) groups excluding carboxylic acids is 1. The van der Waals surface area contributed by atoms with E-state index in [1.807, 2.05) is 18.2 Å². The Morgan fingerprint density at radius 2 is 1.97 bits per heavy atom. The minimum absolute atomic E-state index is 0.0571. The zero-order valence-electron chi connectivity index (χ0n) is 18.8. The summed E-state index contributed by atoms with van der Waals surface area (Å²) in [6.07, 6.45) is 5.13. The molecule has 174 valence electrons. The fourth-order valence-electron chi connectivity index (χ4n) is 4.89. The number of nitrogens with zero attached hydrogens (tertiary/aromatic N) is 3. The number of aromatic nitrogens is 1. The van der Waals surface area contributed by atoms with Crippen molar-refractivity contribution in [3.63, 3.8) is 0 Å². The number of thiophene rings is 1. The predicted octanol–water partition coefficient (Wildman–Crippen LogP) is 5.34. The molecule has 33 heavy (non-hydrogen) atoms. The summed E-state index contributed by atoms with van der Waals surface area (Å²) >= 11 is 7.26. The van der Waals surface area contributed by atoms with E-state index in [-0.39, 0.29) is 12.5 Å². The van der Waals surface area contributed by atoms with E-state index in [4.69, 9.17) is 21.3 Å². The van der Waals surface area contributed by atoms with Crippen LogP contribution in [0.1, 0.15) is 31.2 Å². The topological polar surface area (TPSA) is 57.7 Å². The van der Waals surface area contributed by atoms with Gasteiger partial charge < -0.3 is 19.9 Å². The molecule has 2 aliphatic rings. The average molecular weight is 485 g/mol. The maximum Gasteiger partial charge on any atom is 0.262 e. The number of fused-ring (bicyclic) bond motifs is 1. The van der Waals surface area contributed by atoms with Crippen molar-refractivity contribution in [2.45, 2.75) is 38.6 Å². The second-order valence-corrected chi connectivity index (χ2v) is 10.2. The summed E-state index contributed by atoms with van der Waals surface area (Å²) in [5, 5.41) is 6.98. The van der Waals surface area contributed by atoms with Crippen molar-refractivity contribution in [1.29, 1.82) is 0 Å². The number of aryl methyl sites for hydroxylation is 1. The van der Waals surface area contributed by atoms with Crippen LogP contribution in [-0.4, -0.2) is 54.6 Å². The molecule has 2 aliphatic heterocycles. The van der Waals surface area contributed by atoms with Gasteiger partial charge >= 0.3 is 0 Å². The standard InChI is InChI=1S/C25H29ClN4O2S/c1-17-12-23(30-10-6-20(7-11-30)29-8-2-3-9-29)28-22-5-4-19(14-21(17)22)27-24(31)15-32-25-13-18(26)16-33-25/h4-5,12-14,16,20H,2-3,6-11,15H2,1H3,(H,27,31). The van der Waals surface area contributed by atoms with Crippen LogP contribution in [0, 0.1) is 6.92 Å². The van der Waals surface area contributed by atoms with E-state index < -0.39 is 0 Å². The van der Waals surface area contributed by atoms with Gasteiger partial charge in [-0.1, -0.05) is 11.6 Å². The monoisotopic (exact) mass is 484 g/mol. The number of anilines is 2. The van der Waals surface area contributed by atoms with Crippen LogP contribution in [0.3, 0.4) is 0 Å². The van der Waals surface area contributed by atoms with Crippen LogP contribution in [0.4, 0.5) is 11.5 Å². The molecule has 0 unspecified atom stereocenters. The van der Waals surface area contributed by atoms with Crippen molar-refractivity contribution in [1.82, 2.24) is 9.88 Å². The molecule has 0 bridgehead atoms. The van der Waals surface area contributed by atoms with Crippen LogP contribution < -0.4 is 15.0 Å². The van der Waals surface area contributed by atoms with Gasteiger partial charge in [0.25, 0.3) is 5.91 Å². The van der Waals surface area contributed by atoms with E-state index in [1.54, 1.807) is 11.4 Å². The fraction of sp³-hybridized carbons (Fsp3) is 0.440. The quantitative estimate of drug-likeness (QED) is 0.511. The molecule has 1 amide bonds. The highest BCUT2D eigenvalue weighted by molar-refractivity contribution is 7.12. The minimum atomic E-state index is -0.207. The first-order valence-corrected chi connectivity index (χ1v) is 12.9. The number of pyridine rings is 1. The van der Waals surface area contributed by atoms with Gasteiger partial charge in [-0.3, -0.25) is 4.79 Å². The molecule has 0 aliphatic carbocycles. The molecular formula is C25H29ClN4O2S. The molecule has 0 radical (unpaired) electrons. The van der Waals surface area contributed by atoms with Crippen molar-refractivity contribution >= 4 is 51.3 Å². The first-order valence-electron chi connectivity index (χ1n) is 11.6. The van der Waals surface area contributed by atoms with Crippen LogP contribution in [0.25, 0.3) is 10.9 Å². The van der Waals surface area contributed by atoms with Crippen LogP contribution in [0.15, 0.2) is 35.7 Å². The Hall–Kier alpha value is -2.35. The summed E-state index contributed by atoms with van der Waals surface area (Å²) in [5.41, 5.74) is 2.86. The number of hydrogen-bond acceptors (Lipinski definition) is 6. The van der Waals surface area contributed by atoms with Gasteiger partial charge in [0, 0.05) is 41.7 Å². The Bertz CT molecular complexity index is 1140. The van der Waals surface area contributed by atoms with Gasteiger partial charge in [-0.15, -0.1) is 11.3 Å². The molecule has 8 heteroatoms. The third-order valence-electron chi connectivity index (χ3n) is 6.62. The number of ether oxygens (including phenoxy) is 1. The van der Waals surface area contributed by atoms with E-state index in [2.05, 4.69) is 28.1 Å². The van der Waals surface area contributed by atoms with E-state index in [0.717, 1.165) is 47.1 Å². The van der Waals surface area contributed by atoms with Gasteiger partial charge in [0.1, 0.15) is 5.82 Å². The van der Waals surface area contributed by atoms with Gasteiger partial charge in [0.2, 0.25) is 0 Å². The van der Waals surface area contributed by atoms with Gasteiger partial charge in [-0.25, -0.2) is 4.98 Å². The van der Waals surface area contributed by atoms with Crippen LogP contribution in [0.2, 0.25) is 5.02 Å². The number of rotatable bonds is 6. The summed E-state index contributed by atoms with van der Waals surface area (Å²) in [5.74, 6) is 0.849. The Morgan fingerprint density at radius 1 is 1.18 bits per heavy atom. The van der Waals surface area contributed by atoms with E-state index in [0.29, 0.717) is 10.1 Å². The van der Waals surface area contributed by atoms with Crippen molar-refractivity contribution in [2.75, 3.05) is 43.0 Å². The van der Waals surface area contributed by atoms with E-state index in [1.165, 1.54) is 50.1 Å². The van der Waals surface area contributed by atoms with Gasteiger partial charge in [-0.05, 0) is 75.5 Å². The lowest BCUT2D eigenvalue weighted by Crippen LogP contribution is -2.44. The van der Waals surface area contributed by atoms with Crippen molar-refractivity contribution in [3.05, 3.63) is 46.3 Å². The minimum Gasteiger partial charge on any atom is -0.474 e. The third-order valence-corrected chi connectivity index (χ3v) is 7.81. The number of hydrogen-bond donors (Lipinski definition) is 1. The number of likely N-dealkylation sites (tertiary alicyclic amines) is 1. The lowest BCUT2D eigenvalue weighted by atomic mass is 10.0. The van der Waals surface area contributed by atoms with Crippen molar-refractivity contribution in [2.24, 2.45) is 0 Å². The molecule has 3 aromatic rings. The maximum absolute atomic E-state index is 12.3. The molecule has 2 aromatic heterocycles. The van der Waals surface area contributed by atoms with Gasteiger partial charge in [0.15, 0.2) is 11.7 Å². The van der Waals surface area contributed by atoms with E-state index >= 15 is 0 Å². The van der Waals surface area contributed by atoms with Gasteiger partial charge in [-0.2, -0.15) is 0 Å². The summed E-state index contributed by atoms with van der Waals surface area (Å²) in [6, 6.07) is 10.5. The fourth-order valence-corrected chi connectivity index (χ4v) is 5.80. The molecule has 0 spiro atoms. The van der Waals surface area contributed by atoms with Crippen LogP contribution >= 0.6 is 22.9 Å². The highest BCUT2D eigenvalue weighted by Gasteiger charge is 2.27. The Balaban J connectivity index is 1.22. The summed E-state index contributed by atoms with van der Waals surface area (Å²) in [7, 11) is 0. The molecular weight excluding hydrogens is 456 g/mol. The lowest BCUT2D eigenvalue weighted by Gasteiger charge is -2.37. The maximum atomic E-state index is 12.3. The second-order valence-electron chi connectivity index (χ2n) is 8.91. The molecule has 1 N–H and O–H groups in total. The van der Waals surface area contributed by atoms with E-state index in [9.17, 15) is 4.79 Å². The average Bonchev–Trinajstić information content (AvgIpc) is 3.50. The number of amides is 1. The Kier molecular flexibility index (Phi) is 6.71. The number of piperidine rings is 1. The number of benzene rings is 1. The summed E-state index contributed by atoms with van der Waals surface area (Å²) in [6.45, 7) is 6.71. The summed E-state index contributed by atoms with van der Waals surface area (Å²) in [4.78, 5) is 22.3. The smallest absolute Gasteiger partial charge is 0.262 e. The van der Waals surface area contributed by atoms with Crippen LogP contribution in [-0.2, 0) is 4.79 Å². The first-order chi connectivity index (χ1) is 16.0. The zero-order chi connectivity index (χ0) is 22.8. The number of carbonyl (C=O) groups is 1. The molecule has 1 aromatic carbocycles.